The van der Waals surface area contributed by atoms with E-state index in [0.29, 0.717) is 12.8 Å². The first-order chi connectivity index (χ1) is 15.9. The second-order valence-corrected chi connectivity index (χ2v) is 11.5. The van der Waals surface area contributed by atoms with Gasteiger partial charge in [0.25, 0.3) is 0 Å². The number of Topliss-reactive ketones (excluding diaryl/α,β-unsaturated/α-hetero) is 1. The largest absolute Gasteiger partial charge is 0.481 e. The molecule has 0 heterocycles. The highest BCUT2D eigenvalue weighted by Crippen LogP contribution is 2.69. The van der Waals surface area contributed by atoms with E-state index in [2.05, 4.69) is 6.92 Å². The summed E-state index contributed by atoms with van der Waals surface area (Å²) >= 11 is 0. The number of aliphatic carboxylic acids is 1. The number of rotatable bonds is 7. The topological polar surface area (TPSA) is 132 Å². The maximum Gasteiger partial charge on any atom is 0.306 e. The van der Waals surface area contributed by atoms with Gasteiger partial charge in [0.2, 0.25) is 0 Å². The molecule has 3 fully saturated rings. The third-order valence-corrected chi connectivity index (χ3v) is 9.84. The number of aliphatic hydroxyl groups excluding tert-OH is 2. The normalized spacial score (nSPS) is 44.0. The van der Waals surface area contributed by atoms with Gasteiger partial charge in [-0.3, -0.25) is 14.4 Å². The molecule has 3 saturated carbocycles. The van der Waals surface area contributed by atoms with Crippen molar-refractivity contribution in [3.8, 4) is 0 Å². The Morgan fingerprint density at radius 1 is 1.26 bits per heavy atom. The van der Waals surface area contributed by atoms with E-state index in [4.69, 9.17) is 5.11 Å². The van der Waals surface area contributed by atoms with Crippen molar-refractivity contribution in [1.29, 1.82) is 0 Å². The maximum atomic E-state index is 13.5. The quantitative estimate of drug-likeness (QED) is 0.446. The number of carbonyl (C=O) groups excluding carboxylic acids is 2. The predicted molar refractivity (Wildman–Crippen MR) is 125 cm³/mol. The zero-order valence-corrected chi connectivity index (χ0v) is 20.4. The van der Waals surface area contributed by atoms with Crippen LogP contribution in [-0.2, 0) is 14.4 Å². The first-order valence-electron chi connectivity index (χ1n) is 12.7. The fourth-order valence-corrected chi connectivity index (χ4v) is 8.26. The summed E-state index contributed by atoms with van der Waals surface area (Å²) in [5, 5.41) is 43.3. The van der Waals surface area contributed by atoms with Crippen LogP contribution in [0.5, 0.6) is 0 Å². The maximum absolute atomic E-state index is 13.5. The molecule has 4 rings (SSSR count). The molecule has 0 aliphatic heterocycles. The summed E-state index contributed by atoms with van der Waals surface area (Å²) in [5.74, 6) is -2.71. The second-order valence-electron chi connectivity index (χ2n) is 11.5. The van der Waals surface area contributed by atoms with E-state index < -0.39 is 52.7 Å². The number of fused-ring (bicyclic) bond motifs is 5. The minimum absolute atomic E-state index is 0.0334. The van der Waals surface area contributed by atoms with Crippen LogP contribution in [0.15, 0.2) is 23.8 Å². The molecule has 0 bridgehead atoms. The van der Waals surface area contributed by atoms with Crippen LogP contribution in [0.1, 0.15) is 72.1 Å². The lowest BCUT2D eigenvalue weighted by Gasteiger charge is -2.59. The monoisotopic (exact) mass is 474 g/mol. The van der Waals surface area contributed by atoms with E-state index >= 15 is 0 Å². The standard InChI is InChI=1S/C27H38O7/c1-4-5-6-16-12-19-18-8-7-15-11-17(28)9-10-25(15,2)23(18)21(30)14-26(19,3)27(16,34)24(33)20(29)13-22(31)32/h9-11,16,18-21,23,29-30,34H,4-8,12-14H2,1-3H3,(H,31,32)/t16?,18-,19-,20?,21?,23+,25-,26-,27-/m0/s1. The van der Waals surface area contributed by atoms with Crippen molar-refractivity contribution in [2.24, 2.45) is 34.5 Å². The Labute approximate surface area is 200 Å². The second kappa shape index (κ2) is 8.68. The van der Waals surface area contributed by atoms with Gasteiger partial charge in [-0.15, -0.1) is 0 Å². The number of carbonyl (C=O) groups is 3. The summed E-state index contributed by atoms with van der Waals surface area (Å²) in [6, 6.07) is 0. The first-order valence-corrected chi connectivity index (χ1v) is 12.7. The molecule has 0 radical (unpaired) electrons. The molecule has 7 nitrogen and oxygen atoms in total. The van der Waals surface area contributed by atoms with Crippen molar-refractivity contribution in [3.05, 3.63) is 23.8 Å². The van der Waals surface area contributed by atoms with E-state index in [-0.39, 0.29) is 30.0 Å². The Morgan fingerprint density at radius 3 is 2.62 bits per heavy atom. The highest BCUT2D eigenvalue weighted by atomic mass is 16.4. The molecule has 0 amide bonds. The molecular formula is C27H38O7. The molecule has 0 saturated heterocycles. The summed E-state index contributed by atoms with van der Waals surface area (Å²) in [6.45, 7) is 5.96. The summed E-state index contributed by atoms with van der Waals surface area (Å²) in [6.07, 6.45) is 6.42. The van der Waals surface area contributed by atoms with Gasteiger partial charge < -0.3 is 20.4 Å². The molecule has 34 heavy (non-hydrogen) atoms. The highest BCUT2D eigenvalue weighted by Gasteiger charge is 2.71. The summed E-state index contributed by atoms with van der Waals surface area (Å²) in [4.78, 5) is 36.8. The molecule has 188 valence electrons. The van der Waals surface area contributed by atoms with E-state index in [1.807, 2.05) is 19.9 Å². The smallest absolute Gasteiger partial charge is 0.306 e. The number of carboxylic acid groups (broad SMARTS) is 1. The fourth-order valence-electron chi connectivity index (χ4n) is 8.26. The highest BCUT2D eigenvalue weighted by molar-refractivity contribution is 6.01. The average molecular weight is 475 g/mol. The SMILES string of the molecule is CCCCC1C[C@H]2[C@@H]3CCC4=CC(=O)C=C[C@]4(C)[C@H]3C(O)C[C@]2(C)[C@@]1(O)C(=O)C(O)CC(=O)O. The van der Waals surface area contributed by atoms with Crippen LogP contribution in [0.4, 0.5) is 0 Å². The molecule has 0 aromatic carbocycles. The van der Waals surface area contributed by atoms with E-state index in [1.165, 1.54) is 0 Å². The van der Waals surface area contributed by atoms with Gasteiger partial charge in [-0.25, -0.2) is 0 Å². The van der Waals surface area contributed by atoms with Gasteiger partial charge in [-0.2, -0.15) is 0 Å². The van der Waals surface area contributed by atoms with Gasteiger partial charge in [-0.1, -0.05) is 45.3 Å². The van der Waals surface area contributed by atoms with Crippen LogP contribution < -0.4 is 0 Å². The molecule has 9 atom stereocenters. The molecule has 4 aliphatic carbocycles. The minimum Gasteiger partial charge on any atom is -0.481 e. The number of carboxylic acids is 1. The molecule has 0 aromatic heterocycles. The summed E-state index contributed by atoms with van der Waals surface area (Å²) in [5.41, 5.74) is -2.30. The molecule has 4 aliphatic rings. The average Bonchev–Trinajstić information content (AvgIpc) is 2.98. The lowest BCUT2D eigenvalue weighted by molar-refractivity contribution is -0.189. The number of unbranched alkanes of at least 4 members (excludes halogenated alkanes) is 1. The molecule has 0 aromatic rings. The van der Waals surface area contributed by atoms with Crippen LogP contribution in [0.2, 0.25) is 0 Å². The third kappa shape index (κ3) is 3.54. The minimum atomic E-state index is -1.90. The lowest BCUT2D eigenvalue weighted by Crippen LogP contribution is -2.64. The van der Waals surface area contributed by atoms with Crippen LogP contribution in [0.3, 0.4) is 0 Å². The number of aliphatic hydroxyl groups is 3. The fraction of sp³-hybridized carbons (Fsp3) is 0.741. The molecule has 4 N–H and O–H groups in total. The van der Waals surface area contributed by atoms with Crippen LogP contribution in [0.25, 0.3) is 0 Å². The van der Waals surface area contributed by atoms with E-state index in [1.54, 1.807) is 12.2 Å². The molecule has 0 spiro atoms. The van der Waals surface area contributed by atoms with E-state index in [9.17, 15) is 29.7 Å². The Kier molecular flexibility index (Phi) is 6.45. The van der Waals surface area contributed by atoms with Crippen molar-refractivity contribution in [2.75, 3.05) is 0 Å². The lowest BCUT2D eigenvalue weighted by atomic mass is 9.46. The Bertz CT molecular complexity index is 937. The van der Waals surface area contributed by atoms with Gasteiger partial charge in [0.1, 0.15) is 11.7 Å². The number of ketones is 2. The first kappa shape index (κ1) is 25.3. The third-order valence-electron chi connectivity index (χ3n) is 9.84. The van der Waals surface area contributed by atoms with E-state index in [0.717, 1.165) is 31.3 Å². The molecule has 3 unspecified atom stereocenters. The Hall–Kier alpha value is -1.83. The predicted octanol–water partition coefficient (Wildman–Crippen LogP) is 2.82. The summed E-state index contributed by atoms with van der Waals surface area (Å²) < 4.78 is 0. The summed E-state index contributed by atoms with van der Waals surface area (Å²) in [7, 11) is 0. The van der Waals surface area contributed by atoms with Gasteiger partial charge in [-0.05, 0) is 62.0 Å². The Balaban J connectivity index is 1.75. The van der Waals surface area contributed by atoms with Gasteiger partial charge in [0.05, 0.1) is 12.5 Å². The van der Waals surface area contributed by atoms with Crippen molar-refractivity contribution in [1.82, 2.24) is 0 Å². The zero-order chi connectivity index (χ0) is 25.1. The Morgan fingerprint density at radius 2 is 1.97 bits per heavy atom. The number of hydrogen-bond acceptors (Lipinski definition) is 6. The zero-order valence-electron chi connectivity index (χ0n) is 20.4. The van der Waals surface area contributed by atoms with Gasteiger partial charge in [0, 0.05) is 16.7 Å². The number of hydrogen-bond donors (Lipinski definition) is 4. The van der Waals surface area contributed by atoms with Crippen molar-refractivity contribution in [3.63, 3.8) is 0 Å². The van der Waals surface area contributed by atoms with Crippen LogP contribution in [0, 0.1) is 34.5 Å². The van der Waals surface area contributed by atoms with Gasteiger partial charge in [0.15, 0.2) is 11.6 Å². The van der Waals surface area contributed by atoms with Crippen molar-refractivity contribution < 1.29 is 34.8 Å². The van der Waals surface area contributed by atoms with Crippen molar-refractivity contribution >= 4 is 17.5 Å². The van der Waals surface area contributed by atoms with Gasteiger partial charge >= 0.3 is 5.97 Å². The number of allylic oxidation sites excluding steroid dienone is 4. The van der Waals surface area contributed by atoms with Crippen molar-refractivity contribution in [2.45, 2.75) is 89.9 Å². The van der Waals surface area contributed by atoms with Crippen LogP contribution in [-0.4, -0.2) is 55.8 Å². The molecular weight excluding hydrogens is 436 g/mol. The molecule has 7 heteroatoms. The van der Waals surface area contributed by atoms with Crippen LogP contribution >= 0.6 is 0 Å².